The number of benzene rings is 1. The number of nitrogens with one attached hydrogen (secondary N) is 1. The first kappa shape index (κ1) is 16.0. The maximum Gasteiger partial charge on any atom is 0.329 e. The SMILES string of the molecule is Cc1ccc(C(=O)NC2(C(=O)O)CCCC(C)C2)cc1Br. The van der Waals surface area contributed by atoms with Gasteiger partial charge in [0.1, 0.15) is 5.54 Å². The van der Waals surface area contributed by atoms with E-state index in [0.717, 1.165) is 22.9 Å². The van der Waals surface area contributed by atoms with Crippen LogP contribution >= 0.6 is 15.9 Å². The monoisotopic (exact) mass is 353 g/mol. The van der Waals surface area contributed by atoms with E-state index in [0.29, 0.717) is 24.3 Å². The third-order valence-corrected chi connectivity index (χ3v) is 5.05. The van der Waals surface area contributed by atoms with Crippen LogP contribution in [0, 0.1) is 12.8 Å². The van der Waals surface area contributed by atoms with Crippen LogP contribution < -0.4 is 5.32 Å². The van der Waals surface area contributed by atoms with E-state index in [-0.39, 0.29) is 5.91 Å². The zero-order valence-electron chi connectivity index (χ0n) is 12.3. The highest BCUT2D eigenvalue weighted by molar-refractivity contribution is 9.10. The molecule has 0 aromatic heterocycles. The minimum atomic E-state index is -1.13. The number of rotatable bonds is 3. The van der Waals surface area contributed by atoms with Crippen molar-refractivity contribution in [2.75, 3.05) is 0 Å². The Kier molecular flexibility index (Phi) is 4.71. The molecule has 2 atom stereocenters. The Hall–Kier alpha value is -1.36. The average Bonchev–Trinajstić information content (AvgIpc) is 2.41. The van der Waals surface area contributed by atoms with Crippen LogP contribution in [0.15, 0.2) is 22.7 Å². The van der Waals surface area contributed by atoms with Crippen molar-refractivity contribution in [2.24, 2.45) is 5.92 Å². The second kappa shape index (κ2) is 6.18. The molecule has 0 bridgehead atoms. The molecule has 0 spiro atoms. The highest BCUT2D eigenvalue weighted by Gasteiger charge is 2.43. The topological polar surface area (TPSA) is 66.4 Å². The zero-order valence-corrected chi connectivity index (χ0v) is 13.9. The van der Waals surface area contributed by atoms with Crippen molar-refractivity contribution in [3.8, 4) is 0 Å². The molecule has 1 aromatic carbocycles. The van der Waals surface area contributed by atoms with Gasteiger partial charge in [-0.1, -0.05) is 41.8 Å². The van der Waals surface area contributed by atoms with Crippen molar-refractivity contribution in [1.29, 1.82) is 0 Å². The summed E-state index contributed by atoms with van der Waals surface area (Å²) >= 11 is 3.40. The van der Waals surface area contributed by atoms with Crippen molar-refractivity contribution >= 4 is 27.8 Å². The smallest absolute Gasteiger partial charge is 0.329 e. The molecule has 114 valence electrons. The van der Waals surface area contributed by atoms with E-state index < -0.39 is 11.5 Å². The fourth-order valence-electron chi connectivity index (χ4n) is 2.94. The van der Waals surface area contributed by atoms with Gasteiger partial charge in [0.25, 0.3) is 5.91 Å². The van der Waals surface area contributed by atoms with Crippen LogP contribution in [0.3, 0.4) is 0 Å². The summed E-state index contributed by atoms with van der Waals surface area (Å²) in [7, 11) is 0. The van der Waals surface area contributed by atoms with E-state index in [1.165, 1.54) is 0 Å². The number of hydrogen-bond acceptors (Lipinski definition) is 2. The van der Waals surface area contributed by atoms with E-state index in [4.69, 9.17) is 0 Å². The normalized spacial score (nSPS) is 25.4. The first-order valence-corrected chi connectivity index (χ1v) is 7.95. The Morgan fingerprint density at radius 3 is 2.71 bits per heavy atom. The van der Waals surface area contributed by atoms with Crippen LogP contribution in [-0.4, -0.2) is 22.5 Å². The Morgan fingerprint density at radius 2 is 2.14 bits per heavy atom. The van der Waals surface area contributed by atoms with Gasteiger partial charge in [-0.05, 0) is 43.4 Å². The first-order chi connectivity index (χ1) is 9.84. The third kappa shape index (κ3) is 3.46. The third-order valence-electron chi connectivity index (χ3n) is 4.19. The van der Waals surface area contributed by atoms with Crippen molar-refractivity contribution in [3.05, 3.63) is 33.8 Å². The molecule has 2 N–H and O–H groups in total. The van der Waals surface area contributed by atoms with Gasteiger partial charge >= 0.3 is 5.97 Å². The van der Waals surface area contributed by atoms with Gasteiger partial charge in [-0.25, -0.2) is 4.79 Å². The molecular weight excluding hydrogens is 334 g/mol. The molecule has 5 heteroatoms. The molecule has 1 amide bonds. The minimum Gasteiger partial charge on any atom is -0.480 e. The number of carbonyl (C=O) groups excluding carboxylic acids is 1. The van der Waals surface area contributed by atoms with Crippen molar-refractivity contribution < 1.29 is 14.7 Å². The molecule has 1 aromatic rings. The largest absolute Gasteiger partial charge is 0.480 e. The summed E-state index contributed by atoms with van der Waals surface area (Å²) < 4.78 is 0.844. The van der Waals surface area contributed by atoms with Crippen LogP contribution in [0.4, 0.5) is 0 Å². The van der Waals surface area contributed by atoms with Crippen molar-refractivity contribution in [2.45, 2.75) is 45.1 Å². The lowest BCUT2D eigenvalue weighted by Gasteiger charge is -2.37. The number of carboxylic acid groups (broad SMARTS) is 1. The maximum absolute atomic E-state index is 12.4. The minimum absolute atomic E-state index is 0.305. The van der Waals surface area contributed by atoms with Crippen LogP contribution in [0.25, 0.3) is 0 Å². The molecule has 0 radical (unpaired) electrons. The molecule has 0 aliphatic heterocycles. The predicted octanol–water partition coefficient (Wildman–Crippen LogP) is 3.52. The summed E-state index contributed by atoms with van der Waals surface area (Å²) in [6.07, 6.45) is 2.82. The van der Waals surface area contributed by atoms with E-state index >= 15 is 0 Å². The van der Waals surface area contributed by atoms with Gasteiger partial charge in [0.2, 0.25) is 0 Å². The maximum atomic E-state index is 12.4. The molecule has 2 unspecified atom stereocenters. The number of halogens is 1. The average molecular weight is 354 g/mol. The molecule has 0 heterocycles. The fourth-order valence-corrected chi connectivity index (χ4v) is 3.31. The first-order valence-electron chi connectivity index (χ1n) is 7.16. The highest BCUT2D eigenvalue weighted by atomic mass is 79.9. The predicted molar refractivity (Wildman–Crippen MR) is 84.3 cm³/mol. The van der Waals surface area contributed by atoms with E-state index in [2.05, 4.69) is 21.2 Å². The molecular formula is C16H20BrNO3. The summed E-state index contributed by atoms with van der Waals surface area (Å²) in [5.41, 5.74) is 0.378. The zero-order chi connectivity index (χ0) is 15.6. The Morgan fingerprint density at radius 1 is 1.43 bits per heavy atom. The van der Waals surface area contributed by atoms with Gasteiger partial charge in [0.05, 0.1) is 0 Å². The number of aliphatic carboxylic acids is 1. The summed E-state index contributed by atoms with van der Waals surface area (Å²) in [5, 5.41) is 12.3. The van der Waals surface area contributed by atoms with Gasteiger partial charge in [-0.3, -0.25) is 4.79 Å². The molecule has 1 fully saturated rings. The van der Waals surface area contributed by atoms with E-state index in [1.54, 1.807) is 12.1 Å². The quantitative estimate of drug-likeness (QED) is 0.873. The number of carboxylic acids is 1. The lowest BCUT2D eigenvalue weighted by molar-refractivity contribution is -0.146. The molecule has 21 heavy (non-hydrogen) atoms. The van der Waals surface area contributed by atoms with Gasteiger partial charge in [-0.2, -0.15) is 0 Å². The van der Waals surface area contributed by atoms with Gasteiger partial charge < -0.3 is 10.4 Å². The number of aryl methyl sites for hydroxylation is 1. The second-order valence-corrected chi connectivity index (χ2v) is 6.86. The summed E-state index contributed by atoms with van der Waals surface area (Å²) in [5.74, 6) is -0.958. The van der Waals surface area contributed by atoms with Gasteiger partial charge in [0, 0.05) is 10.0 Å². The molecule has 1 aliphatic rings. The Labute approximate surface area is 133 Å². The number of carbonyl (C=O) groups is 2. The molecule has 4 nitrogen and oxygen atoms in total. The van der Waals surface area contributed by atoms with Crippen LogP contribution in [-0.2, 0) is 4.79 Å². The summed E-state index contributed by atoms with van der Waals surface area (Å²) in [4.78, 5) is 24.1. The fraction of sp³-hybridized carbons (Fsp3) is 0.500. The van der Waals surface area contributed by atoms with Crippen molar-refractivity contribution in [3.63, 3.8) is 0 Å². The Bertz CT molecular complexity index is 573. The Balaban J connectivity index is 2.22. The van der Waals surface area contributed by atoms with Crippen LogP contribution in [0.5, 0.6) is 0 Å². The number of amides is 1. The standard InChI is InChI=1S/C16H20BrNO3/c1-10-4-3-7-16(9-10,15(20)21)18-14(19)12-6-5-11(2)13(17)8-12/h5-6,8,10H,3-4,7,9H2,1-2H3,(H,18,19)(H,20,21). The van der Waals surface area contributed by atoms with Crippen LogP contribution in [0.2, 0.25) is 0 Å². The van der Waals surface area contributed by atoms with Gasteiger partial charge in [0.15, 0.2) is 0 Å². The van der Waals surface area contributed by atoms with Crippen molar-refractivity contribution in [1.82, 2.24) is 5.32 Å². The molecule has 0 saturated heterocycles. The van der Waals surface area contributed by atoms with Gasteiger partial charge in [-0.15, -0.1) is 0 Å². The molecule has 1 aliphatic carbocycles. The summed E-state index contributed by atoms with van der Waals surface area (Å²) in [6.45, 7) is 3.97. The highest BCUT2D eigenvalue weighted by Crippen LogP contribution is 2.33. The molecule has 1 saturated carbocycles. The molecule has 2 rings (SSSR count). The van der Waals surface area contributed by atoms with E-state index in [9.17, 15) is 14.7 Å². The van der Waals surface area contributed by atoms with E-state index in [1.807, 2.05) is 19.9 Å². The van der Waals surface area contributed by atoms with Crippen LogP contribution in [0.1, 0.15) is 48.5 Å². The lowest BCUT2D eigenvalue weighted by Crippen LogP contribution is -2.56. The summed E-state index contributed by atoms with van der Waals surface area (Å²) in [6, 6.07) is 5.29. The second-order valence-electron chi connectivity index (χ2n) is 6.01. The lowest BCUT2D eigenvalue weighted by atomic mass is 9.76. The number of hydrogen-bond donors (Lipinski definition) is 2.